The smallest absolute Gasteiger partial charge is 0.264 e. The van der Waals surface area contributed by atoms with Crippen LogP contribution in [0.4, 0.5) is 10.7 Å². The average molecular weight is 348 g/mol. The number of hydrogen-bond donors (Lipinski definition) is 2. The maximum absolute atomic E-state index is 12.3. The van der Waals surface area contributed by atoms with E-state index >= 15 is 0 Å². The highest BCUT2D eigenvalue weighted by Crippen LogP contribution is 2.34. The van der Waals surface area contributed by atoms with Crippen LogP contribution in [0.5, 0.6) is 0 Å². The SMILES string of the molecule is N#Cc1ccsc1NS(=O)(=O)c1ccc(Cl)c(N)c1Cl. The second-order valence-electron chi connectivity index (χ2n) is 3.65. The van der Waals surface area contributed by atoms with Crippen LogP contribution < -0.4 is 10.5 Å². The van der Waals surface area contributed by atoms with Gasteiger partial charge in [0, 0.05) is 0 Å². The van der Waals surface area contributed by atoms with Crippen LogP contribution in [-0.2, 0) is 10.0 Å². The number of benzene rings is 1. The first-order valence-corrected chi connectivity index (χ1v) is 8.22. The molecule has 0 aliphatic rings. The van der Waals surface area contributed by atoms with E-state index in [0.29, 0.717) is 0 Å². The maximum Gasteiger partial charge on any atom is 0.264 e. The Labute approximate surface area is 129 Å². The molecule has 5 nitrogen and oxygen atoms in total. The maximum atomic E-state index is 12.3. The molecule has 0 aliphatic heterocycles. The van der Waals surface area contributed by atoms with Gasteiger partial charge in [-0.2, -0.15) is 5.26 Å². The summed E-state index contributed by atoms with van der Waals surface area (Å²) in [4.78, 5) is -0.196. The lowest BCUT2D eigenvalue weighted by atomic mass is 10.3. The highest BCUT2D eigenvalue weighted by Gasteiger charge is 2.22. The minimum atomic E-state index is -3.95. The molecule has 0 amide bonds. The summed E-state index contributed by atoms with van der Waals surface area (Å²) in [5, 5.41) is 10.7. The fourth-order valence-corrected chi connectivity index (χ4v) is 4.25. The molecule has 0 saturated heterocycles. The number of nitrogens with two attached hydrogens (primary N) is 1. The van der Waals surface area contributed by atoms with E-state index in [1.165, 1.54) is 18.2 Å². The van der Waals surface area contributed by atoms with E-state index in [4.69, 9.17) is 34.2 Å². The summed E-state index contributed by atoms with van der Waals surface area (Å²) in [5.41, 5.74) is 5.82. The first-order valence-electron chi connectivity index (χ1n) is 5.10. The highest BCUT2D eigenvalue weighted by atomic mass is 35.5. The molecule has 0 spiro atoms. The quantitative estimate of drug-likeness (QED) is 0.832. The van der Waals surface area contributed by atoms with E-state index in [-0.39, 0.29) is 31.2 Å². The van der Waals surface area contributed by atoms with Crippen LogP contribution >= 0.6 is 34.5 Å². The third-order valence-electron chi connectivity index (χ3n) is 2.39. The summed E-state index contributed by atoms with van der Waals surface area (Å²) in [6.45, 7) is 0. The Morgan fingerprint density at radius 2 is 2.00 bits per heavy atom. The van der Waals surface area contributed by atoms with Crippen molar-refractivity contribution < 1.29 is 8.42 Å². The molecule has 2 aromatic rings. The molecular formula is C11H7Cl2N3O2S2. The molecule has 104 valence electrons. The molecule has 0 aliphatic carbocycles. The zero-order valence-corrected chi connectivity index (χ0v) is 12.9. The number of anilines is 2. The van der Waals surface area contributed by atoms with Gasteiger partial charge in [0.15, 0.2) is 0 Å². The lowest BCUT2D eigenvalue weighted by molar-refractivity contribution is 0.601. The van der Waals surface area contributed by atoms with Gasteiger partial charge in [0.2, 0.25) is 0 Å². The van der Waals surface area contributed by atoms with E-state index in [0.717, 1.165) is 11.3 Å². The highest BCUT2D eigenvalue weighted by molar-refractivity contribution is 7.93. The minimum absolute atomic E-state index is 0.0112. The van der Waals surface area contributed by atoms with Crippen molar-refractivity contribution in [2.24, 2.45) is 0 Å². The van der Waals surface area contributed by atoms with E-state index in [2.05, 4.69) is 4.72 Å². The van der Waals surface area contributed by atoms with Crippen molar-refractivity contribution >= 4 is 55.3 Å². The number of hydrogen-bond acceptors (Lipinski definition) is 5. The Balaban J connectivity index is 2.47. The van der Waals surface area contributed by atoms with Gasteiger partial charge >= 0.3 is 0 Å². The molecule has 1 heterocycles. The Hall–Kier alpha value is -1.46. The molecule has 0 bridgehead atoms. The summed E-state index contributed by atoms with van der Waals surface area (Å²) in [5.74, 6) is 0. The largest absolute Gasteiger partial charge is 0.396 e. The molecule has 9 heteroatoms. The number of nitrogen functional groups attached to an aromatic ring is 1. The van der Waals surface area contributed by atoms with Crippen LogP contribution in [-0.4, -0.2) is 8.42 Å². The van der Waals surface area contributed by atoms with Crippen LogP contribution in [0.25, 0.3) is 0 Å². The standard InChI is InChI=1S/C11H7Cl2N3O2S2/c12-7-1-2-8(9(13)10(7)15)20(17,18)16-11-6(5-14)3-4-19-11/h1-4,16H,15H2. The Kier molecular flexibility index (Phi) is 4.11. The van der Waals surface area contributed by atoms with Crippen LogP contribution in [0.3, 0.4) is 0 Å². The molecule has 1 aromatic heterocycles. The summed E-state index contributed by atoms with van der Waals surface area (Å²) < 4.78 is 26.8. The number of halogens is 2. The van der Waals surface area contributed by atoms with Crippen LogP contribution in [0, 0.1) is 11.3 Å². The zero-order chi connectivity index (χ0) is 14.9. The number of thiophene rings is 1. The third-order valence-corrected chi connectivity index (χ3v) is 5.59. The molecule has 0 atom stereocenters. The van der Waals surface area contributed by atoms with Crippen LogP contribution in [0.1, 0.15) is 5.56 Å². The van der Waals surface area contributed by atoms with E-state index in [1.54, 1.807) is 5.38 Å². The number of sulfonamides is 1. The lowest BCUT2D eigenvalue weighted by Crippen LogP contribution is -2.14. The van der Waals surface area contributed by atoms with Crippen molar-refractivity contribution in [2.45, 2.75) is 4.90 Å². The van der Waals surface area contributed by atoms with Crippen molar-refractivity contribution in [3.63, 3.8) is 0 Å². The monoisotopic (exact) mass is 347 g/mol. The second kappa shape index (κ2) is 5.50. The van der Waals surface area contributed by atoms with Gasteiger partial charge in [-0.15, -0.1) is 11.3 Å². The molecule has 0 radical (unpaired) electrons. The van der Waals surface area contributed by atoms with Gasteiger partial charge < -0.3 is 5.73 Å². The van der Waals surface area contributed by atoms with E-state index in [9.17, 15) is 8.42 Å². The van der Waals surface area contributed by atoms with Crippen molar-refractivity contribution in [3.05, 3.63) is 39.2 Å². The van der Waals surface area contributed by atoms with Gasteiger partial charge in [0.05, 0.1) is 21.3 Å². The Morgan fingerprint density at radius 3 is 2.65 bits per heavy atom. The Bertz CT molecular complexity index is 810. The van der Waals surface area contributed by atoms with Gasteiger partial charge in [0.1, 0.15) is 16.0 Å². The number of nitrogens with one attached hydrogen (secondary N) is 1. The molecule has 1 aromatic carbocycles. The van der Waals surface area contributed by atoms with Crippen molar-refractivity contribution in [3.8, 4) is 6.07 Å². The first-order chi connectivity index (χ1) is 9.36. The molecule has 20 heavy (non-hydrogen) atoms. The topological polar surface area (TPSA) is 96.0 Å². The summed E-state index contributed by atoms with van der Waals surface area (Å²) in [7, 11) is -3.95. The fraction of sp³-hybridized carbons (Fsp3) is 0. The van der Waals surface area contributed by atoms with Gasteiger partial charge in [0.25, 0.3) is 10.0 Å². The molecular weight excluding hydrogens is 341 g/mol. The molecule has 2 rings (SSSR count). The summed E-state index contributed by atoms with van der Waals surface area (Å²) in [6.07, 6.45) is 0. The van der Waals surface area contributed by atoms with Gasteiger partial charge in [-0.1, -0.05) is 23.2 Å². The molecule has 3 N–H and O–H groups in total. The molecule has 0 saturated carbocycles. The molecule has 0 fully saturated rings. The first kappa shape index (κ1) is 14.9. The fourth-order valence-electron chi connectivity index (χ4n) is 1.41. The van der Waals surface area contributed by atoms with Gasteiger partial charge in [-0.25, -0.2) is 8.42 Å². The lowest BCUT2D eigenvalue weighted by Gasteiger charge is -2.10. The van der Waals surface area contributed by atoms with Gasteiger partial charge in [-0.3, -0.25) is 4.72 Å². The minimum Gasteiger partial charge on any atom is -0.396 e. The number of nitrogens with zero attached hydrogens (tertiary/aromatic N) is 1. The van der Waals surface area contributed by atoms with E-state index in [1.807, 2.05) is 6.07 Å². The normalized spacial score (nSPS) is 11.1. The zero-order valence-electron chi connectivity index (χ0n) is 9.72. The predicted molar refractivity (Wildman–Crippen MR) is 80.7 cm³/mol. The van der Waals surface area contributed by atoms with E-state index < -0.39 is 10.0 Å². The summed E-state index contributed by atoms with van der Waals surface area (Å²) in [6, 6.07) is 6.00. The van der Waals surface area contributed by atoms with Crippen LogP contribution in [0.15, 0.2) is 28.5 Å². The predicted octanol–water partition coefficient (Wildman–Crippen LogP) is 3.31. The van der Waals surface area contributed by atoms with Crippen molar-refractivity contribution in [2.75, 3.05) is 10.5 Å². The molecule has 0 unspecified atom stereocenters. The van der Waals surface area contributed by atoms with Crippen LogP contribution in [0.2, 0.25) is 10.0 Å². The Morgan fingerprint density at radius 1 is 1.30 bits per heavy atom. The number of rotatable bonds is 3. The average Bonchev–Trinajstić information content (AvgIpc) is 2.82. The van der Waals surface area contributed by atoms with Crippen molar-refractivity contribution in [1.29, 1.82) is 5.26 Å². The third kappa shape index (κ3) is 2.69. The second-order valence-corrected chi connectivity index (χ2v) is 7.01. The van der Waals surface area contributed by atoms with Crippen molar-refractivity contribution in [1.82, 2.24) is 0 Å². The summed E-state index contributed by atoms with van der Waals surface area (Å²) >= 11 is 12.8. The van der Waals surface area contributed by atoms with Gasteiger partial charge in [-0.05, 0) is 23.6 Å². The number of nitriles is 1.